The van der Waals surface area contributed by atoms with Crippen LogP contribution in [0, 0.1) is 4.77 Å². The number of nitrogens with zero attached hydrogens (tertiary/aromatic N) is 2. The van der Waals surface area contributed by atoms with Crippen LogP contribution in [0.15, 0.2) is 24.5 Å². The van der Waals surface area contributed by atoms with Gasteiger partial charge in [-0.2, -0.15) is 0 Å². The second-order valence-corrected chi connectivity index (χ2v) is 5.74. The summed E-state index contributed by atoms with van der Waals surface area (Å²) in [7, 11) is 0. The highest BCUT2D eigenvalue weighted by atomic mass is 32.1. The number of rotatable bonds is 3. The van der Waals surface area contributed by atoms with E-state index in [0.29, 0.717) is 17.3 Å². The highest BCUT2D eigenvalue weighted by Crippen LogP contribution is 2.25. The smallest absolute Gasteiger partial charge is 0.213 e. The molecule has 0 unspecified atom stereocenters. The molecule has 0 saturated carbocycles. The number of pyridine rings is 1. The maximum absolute atomic E-state index is 5.36. The summed E-state index contributed by atoms with van der Waals surface area (Å²) in [5.41, 5.74) is 2.08. The van der Waals surface area contributed by atoms with Crippen LogP contribution in [-0.4, -0.2) is 21.1 Å². The van der Waals surface area contributed by atoms with Crippen molar-refractivity contribution in [1.29, 1.82) is 0 Å². The average molecular weight is 277 g/mol. The van der Waals surface area contributed by atoms with Crippen molar-refractivity contribution in [2.45, 2.75) is 33.1 Å². The summed E-state index contributed by atoms with van der Waals surface area (Å²) in [4.78, 5) is 7.39. The molecule has 102 valence electrons. The molecule has 0 aliphatic rings. The second kappa shape index (κ2) is 5.17. The Morgan fingerprint density at radius 2 is 2.11 bits per heavy atom. The van der Waals surface area contributed by atoms with Crippen molar-refractivity contribution in [3.05, 3.63) is 35.0 Å². The van der Waals surface area contributed by atoms with E-state index in [0.717, 1.165) is 11.4 Å². The summed E-state index contributed by atoms with van der Waals surface area (Å²) < 4.78 is 8.04. The Labute approximate surface area is 118 Å². The van der Waals surface area contributed by atoms with E-state index in [2.05, 4.69) is 30.7 Å². The van der Waals surface area contributed by atoms with Crippen LogP contribution in [0.2, 0.25) is 0 Å². The van der Waals surface area contributed by atoms with Crippen molar-refractivity contribution < 1.29 is 4.74 Å². The summed E-state index contributed by atoms with van der Waals surface area (Å²) >= 11 is 5.36. The zero-order valence-corrected chi connectivity index (χ0v) is 12.5. The van der Waals surface area contributed by atoms with Gasteiger partial charge >= 0.3 is 0 Å². The van der Waals surface area contributed by atoms with Crippen LogP contribution in [0.25, 0.3) is 5.69 Å². The molecule has 0 fully saturated rings. The largest absolute Gasteiger partial charge is 0.478 e. The maximum atomic E-state index is 5.36. The predicted octanol–water partition coefficient (Wildman–Crippen LogP) is 3.63. The fourth-order valence-corrected chi connectivity index (χ4v) is 2.18. The van der Waals surface area contributed by atoms with Crippen LogP contribution in [-0.2, 0) is 5.41 Å². The first-order valence-electron chi connectivity index (χ1n) is 6.33. The van der Waals surface area contributed by atoms with Crippen LogP contribution in [0.4, 0.5) is 0 Å². The van der Waals surface area contributed by atoms with E-state index in [1.54, 1.807) is 6.20 Å². The molecule has 2 aromatic heterocycles. The van der Waals surface area contributed by atoms with E-state index in [1.165, 1.54) is 0 Å². The SMILES string of the molecule is CCOc1ccc(-n2c(C(C)(C)C)c[nH]c2=S)cn1. The molecule has 0 aliphatic heterocycles. The van der Waals surface area contributed by atoms with E-state index in [1.807, 2.05) is 29.8 Å². The van der Waals surface area contributed by atoms with Crippen molar-refractivity contribution in [1.82, 2.24) is 14.5 Å². The van der Waals surface area contributed by atoms with Gasteiger partial charge in [0.25, 0.3) is 0 Å². The third-order valence-electron chi connectivity index (χ3n) is 2.82. The molecule has 2 heterocycles. The molecule has 0 aromatic carbocycles. The first-order valence-corrected chi connectivity index (χ1v) is 6.74. The Balaban J connectivity index is 2.47. The molecule has 0 bridgehead atoms. The van der Waals surface area contributed by atoms with E-state index >= 15 is 0 Å². The summed E-state index contributed by atoms with van der Waals surface area (Å²) in [5.74, 6) is 0.630. The van der Waals surface area contributed by atoms with Crippen molar-refractivity contribution in [2.24, 2.45) is 0 Å². The van der Waals surface area contributed by atoms with Gasteiger partial charge in [-0.25, -0.2) is 4.98 Å². The average Bonchev–Trinajstić information content (AvgIpc) is 2.72. The predicted molar refractivity (Wildman–Crippen MR) is 78.6 cm³/mol. The first-order chi connectivity index (χ1) is 8.93. The zero-order valence-electron chi connectivity index (χ0n) is 11.7. The van der Waals surface area contributed by atoms with Gasteiger partial charge in [-0.15, -0.1) is 0 Å². The molecule has 0 radical (unpaired) electrons. The lowest BCUT2D eigenvalue weighted by atomic mass is 9.92. The lowest BCUT2D eigenvalue weighted by Crippen LogP contribution is -2.16. The minimum Gasteiger partial charge on any atom is -0.478 e. The van der Waals surface area contributed by atoms with Gasteiger partial charge in [0.1, 0.15) is 0 Å². The third-order valence-corrected chi connectivity index (χ3v) is 3.12. The van der Waals surface area contributed by atoms with E-state index in [9.17, 15) is 0 Å². The quantitative estimate of drug-likeness (QED) is 0.871. The van der Waals surface area contributed by atoms with Gasteiger partial charge < -0.3 is 9.72 Å². The van der Waals surface area contributed by atoms with E-state index in [4.69, 9.17) is 17.0 Å². The molecule has 19 heavy (non-hydrogen) atoms. The molecule has 2 aromatic rings. The summed E-state index contributed by atoms with van der Waals surface area (Å²) in [6.45, 7) is 9.02. The molecule has 0 spiro atoms. The lowest BCUT2D eigenvalue weighted by Gasteiger charge is -2.20. The highest BCUT2D eigenvalue weighted by molar-refractivity contribution is 7.71. The first kappa shape index (κ1) is 13.8. The number of aromatic nitrogens is 3. The number of ether oxygens (including phenoxy) is 1. The fraction of sp³-hybridized carbons (Fsp3) is 0.429. The Hall–Kier alpha value is -1.62. The minimum absolute atomic E-state index is 0.00610. The standard InChI is InChI=1S/C14H19N3OS/c1-5-18-12-7-6-10(8-15-12)17-11(14(2,3)4)9-16-13(17)19/h6-9H,5H2,1-4H3,(H,16,19). The van der Waals surface area contributed by atoms with Gasteiger partial charge in [0.05, 0.1) is 18.5 Å². The molecule has 0 aliphatic carbocycles. The van der Waals surface area contributed by atoms with Gasteiger partial charge in [0.2, 0.25) is 5.88 Å². The van der Waals surface area contributed by atoms with E-state index < -0.39 is 0 Å². The van der Waals surface area contributed by atoms with Gasteiger partial charge in [-0.1, -0.05) is 20.8 Å². The Bertz CT molecular complexity index is 605. The van der Waals surface area contributed by atoms with Crippen LogP contribution in [0.5, 0.6) is 5.88 Å². The van der Waals surface area contributed by atoms with Crippen molar-refractivity contribution >= 4 is 12.2 Å². The number of H-pyrrole nitrogens is 1. The number of hydrogen-bond acceptors (Lipinski definition) is 3. The number of nitrogens with one attached hydrogen (secondary N) is 1. The fourth-order valence-electron chi connectivity index (χ4n) is 1.91. The monoisotopic (exact) mass is 277 g/mol. The summed E-state index contributed by atoms with van der Waals surface area (Å²) in [5, 5.41) is 0. The Morgan fingerprint density at radius 3 is 2.63 bits per heavy atom. The molecular formula is C14H19N3OS. The molecule has 4 nitrogen and oxygen atoms in total. The van der Waals surface area contributed by atoms with Crippen LogP contribution in [0.3, 0.4) is 0 Å². The van der Waals surface area contributed by atoms with Crippen LogP contribution < -0.4 is 4.74 Å². The van der Waals surface area contributed by atoms with E-state index in [-0.39, 0.29) is 5.41 Å². The highest BCUT2D eigenvalue weighted by Gasteiger charge is 2.20. The van der Waals surface area contributed by atoms with Gasteiger partial charge in [-0.05, 0) is 25.2 Å². The van der Waals surface area contributed by atoms with Crippen molar-refractivity contribution in [2.75, 3.05) is 6.61 Å². The molecule has 0 amide bonds. The zero-order chi connectivity index (χ0) is 14.0. The van der Waals surface area contributed by atoms with Gasteiger partial charge in [0, 0.05) is 23.4 Å². The molecule has 2 rings (SSSR count). The maximum Gasteiger partial charge on any atom is 0.213 e. The molecule has 0 atom stereocenters. The van der Waals surface area contributed by atoms with Gasteiger partial charge in [-0.3, -0.25) is 4.57 Å². The molecule has 0 saturated heterocycles. The summed E-state index contributed by atoms with van der Waals surface area (Å²) in [6, 6.07) is 3.83. The minimum atomic E-state index is 0.00610. The topological polar surface area (TPSA) is 42.8 Å². The normalized spacial score (nSPS) is 11.6. The molecular weight excluding hydrogens is 258 g/mol. The van der Waals surface area contributed by atoms with Crippen LogP contribution in [0.1, 0.15) is 33.4 Å². The van der Waals surface area contributed by atoms with Gasteiger partial charge in [0.15, 0.2) is 4.77 Å². The number of aromatic amines is 1. The second-order valence-electron chi connectivity index (χ2n) is 5.35. The van der Waals surface area contributed by atoms with Crippen molar-refractivity contribution in [3.63, 3.8) is 0 Å². The molecule has 1 N–H and O–H groups in total. The van der Waals surface area contributed by atoms with Crippen LogP contribution >= 0.6 is 12.2 Å². The lowest BCUT2D eigenvalue weighted by molar-refractivity contribution is 0.327. The Morgan fingerprint density at radius 1 is 1.37 bits per heavy atom. The number of hydrogen-bond donors (Lipinski definition) is 1. The number of imidazole rings is 1. The Kier molecular flexibility index (Phi) is 3.75. The van der Waals surface area contributed by atoms with Crippen molar-refractivity contribution in [3.8, 4) is 11.6 Å². The third kappa shape index (κ3) is 2.87. The molecule has 5 heteroatoms. The summed E-state index contributed by atoms with van der Waals surface area (Å²) in [6.07, 6.45) is 3.74.